The first-order chi connectivity index (χ1) is 10.3. The number of nitrogens with one attached hydrogen (secondary N) is 1. The van der Waals surface area contributed by atoms with Crippen molar-refractivity contribution in [3.63, 3.8) is 0 Å². The zero-order valence-corrected chi connectivity index (χ0v) is 12.6. The predicted molar refractivity (Wildman–Crippen MR) is 82.9 cm³/mol. The Morgan fingerprint density at radius 3 is 3.00 bits per heavy atom. The van der Waals surface area contributed by atoms with Gasteiger partial charge in [0.15, 0.2) is 0 Å². The van der Waals surface area contributed by atoms with Gasteiger partial charge in [-0.25, -0.2) is 0 Å². The third-order valence-corrected chi connectivity index (χ3v) is 3.91. The number of rotatable bonds is 2. The van der Waals surface area contributed by atoms with Crippen molar-refractivity contribution in [1.82, 2.24) is 15.1 Å². The quantitative estimate of drug-likeness (QED) is 0.771. The molecule has 4 rings (SSSR count). The van der Waals surface area contributed by atoms with Crippen molar-refractivity contribution in [2.75, 3.05) is 11.9 Å². The van der Waals surface area contributed by atoms with Gasteiger partial charge in [-0.3, -0.25) is 4.98 Å². The molecule has 2 aromatic heterocycles. The Bertz CT molecular complexity index is 798. The molecular formula is C15H11BrN4O. The lowest BCUT2D eigenvalue weighted by Gasteiger charge is -2.00. The van der Waals surface area contributed by atoms with Crippen LogP contribution in [0.5, 0.6) is 0 Å². The Balaban J connectivity index is 1.69. The molecule has 0 unspecified atom stereocenters. The van der Waals surface area contributed by atoms with Crippen LogP contribution < -0.4 is 5.32 Å². The third-order valence-electron chi connectivity index (χ3n) is 3.44. The van der Waals surface area contributed by atoms with Crippen LogP contribution >= 0.6 is 15.9 Å². The van der Waals surface area contributed by atoms with Gasteiger partial charge in [0.25, 0.3) is 5.89 Å². The molecule has 3 aromatic rings. The Kier molecular flexibility index (Phi) is 2.96. The van der Waals surface area contributed by atoms with Crippen LogP contribution in [-0.2, 0) is 6.42 Å². The first kappa shape index (κ1) is 12.5. The molecule has 1 aliphatic heterocycles. The number of hydrogen-bond acceptors (Lipinski definition) is 5. The summed E-state index contributed by atoms with van der Waals surface area (Å²) >= 11 is 3.36. The fraction of sp³-hybridized carbons (Fsp3) is 0.133. The van der Waals surface area contributed by atoms with E-state index in [0.717, 1.165) is 23.0 Å². The summed E-state index contributed by atoms with van der Waals surface area (Å²) in [5.41, 5.74) is 4.10. The first-order valence-electron chi connectivity index (χ1n) is 6.62. The fourth-order valence-corrected chi connectivity index (χ4v) is 2.63. The number of halogens is 1. The van der Waals surface area contributed by atoms with Gasteiger partial charge < -0.3 is 9.84 Å². The number of nitrogens with zero attached hydrogens (tertiary/aromatic N) is 3. The van der Waals surface area contributed by atoms with E-state index < -0.39 is 0 Å². The standard InChI is InChI=1S/C15H11BrN4O/c16-11-2-4-13(18-8-11)14-19-15(21-20-14)10-1-3-12-9(7-10)5-6-17-12/h1-4,7-8,17H,5-6H2. The Morgan fingerprint density at radius 2 is 2.14 bits per heavy atom. The molecule has 1 aliphatic rings. The molecule has 21 heavy (non-hydrogen) atoms. The smallest absolute Gasteiger partial charge is 0.258 e. The second-order valence-corrected chi connectivity index (χ2v) is 5.75. The molecule has 1 aromatic carbocycles. The lowest BCUT2D eigenvalue weighted by atomic mass is 10.1. The topological polar surface area (TPSA) is 63.8 Å². The lowest BCUT2D eigenvalue weighted by Crippen LogP contribution is -1.90. The molecule has 0 aliphatic carbocycles. The van der Waals surface area contributed by atoms with Crippen LogP contribution in [0.3, 0.4) is 0 Å². The van der Waals surface area contributed by atoms with E-state index in [0.29, 0.717) is 17.4 Å². The minimum atomic E-state index is 0.496. The molecule has 0 amide bonds. The van der Waals surface area contributed by atoms with Gasteiger partial charge in [-0.2, -0.15) is 4.98 Å². The average Bonchev–Trinajstić information content (AvgIpc) is 3.16. The van der Waals surface area contributed by atoms with Crippen LogP contribution in [-0.4, -0.2) is 21.7 Å². The first-order valence-corrected chi connectivity index (χ1v) is 7.42. The van der Waals surface area contributed by atoms with Crippen LogP contribution in [0.25, 0.3) is 23.0 Å². The Hall–Kier alpha value is -2.21. The number of aromatic nitrogens is 3. The highest BCUT2D eigenvalue weighted by Gasteiger charge is 2.15. The van der Waals surface area contributed by atoms with Crippen LogP contribution in [0.2, 0.25) is 0 Å². The maximum Gasteiger partial charge on any atom is 0.258 e. The minimum Gasteiger partial charge on any atom is -0.384 e. The number of fused-ring (bicyclic) bond motifs is 1. The monoisotopic (exact) mass is 342 g/mol. The van der Waals surface area contributed by atoms with E-state index in [9.17, 15) is 0 Å². The molecule has 0 atom stereocenters. The van der Waals surface area contributed by atoms with Crippen molar-refractivity contribution in [2.24, 2.45) is 0 Å². The molecule has 5 nitrogen and oxygen atoms in total. The highest BCUT2D eigenvalue weighted by Crippen LogP contribution is 2.28. The van der Waals surface area contributed by atoms with Gasteiger partial charge in [0.1, 0.15) is 5.69 Å². The summed E-state index contributed by atoms with van der Waals surface area (Å²) < 4.78 is 6.28. The molecule has 104 valence electrons. The molecule has 0 fully saturated rings. The predicted octanol–water partition coefficient (Wildman–Crippen LogP) is 3.53. The van der Waals surface area contributed by atoms with Crippen LogP contribution in [0.1, 0.15) is 5.56 Å². The summed E-state index contributed by atoms with van der Waals surface area (Å²) in [6, 6.07) is 9.90. The third kappa shape index (κ3) is 2.31. The zero-order chi connectivity index (χ0) is 14.2. The van der Waals surface area contributed by atoms with E-state index in [1.165, 1.54) is 11.3 Å². The van der Waals surface area contributed by atoms with E-state index in [4.69, 9.17) is 4.52 Å². The van der Waals surface area contributed by atoms with Gasteiger partial charge in [-0.05, 0) is 58.2 Å². The Morgan fingerprint density at radius 1 is 1.19 bits per heavy atom. The van der Waals surface area contributed by atoms with Gasteiger partial charge in [0.2, 0.25) is 5.82 Å². The van der Waals surface area contributed by atoms with Crippen molar-refractivity contribution in [3.8, 4) is 23.0 Å². The van der Waals surface area contributed by atoms with Crippen LogP contribution in [0.15, 0.2) is 45.5 Å². The van der Waals surface area contributed by atoms with Crippen molar-refractivity contribution in [1.29, 1.82) is 0 Å². The molecule has 6 heteroatoms. The average molecular weight is 343 g/mol. The Labute approximate surface area is 129 Å². The van der Waals surface area contributed by atoms with Crippen molar-refractivity contribution in [2.45, 2.75) is 6.42 Å². The SMILES string of the molecule is Brc1ccc(-c2noc(-c3ccc4c(c3)CCN4)n2)nc1. The normalized spacial score (nSPS) is 13.0. The van der Waals surface area contributed by atoms with E-state index in [1.807, 2.05) is 18.2 Å². The molecule has 0 saturated heterocycles. The van der Waals surface area contributed by atoms with Gasteiger partial charge >= 0.3 is 0 Å². The summed E-state index contributed by atoms with van der Waals surface area (Å²) in [5, 5.41) is 7.34. The van der Waals surface area contributed by atoms with Crippen molar-refractivity contribution in [3.05, 3.63) is 46.6 Å². The molecule has 0 bridgehead atoms. The van der Waals surface area contributed by atoms with E-state index in [-0.39, 0.29) is 0 Å². The van der Waals surface area contributed by atoms with E-state index in [2.05, 4.69) is 48.5 Å². The molecule has 0 saturated carbocycles. The number of benzene rings is 1. The van der Waals surface area contributed by atoms with Crippen molar-refractivity contribution < 1.29 is 4.52 Å². The fourth-order valence-electron chi connectivity index (χ4n) is 2.39. The molecule has 1 N–H and O–H groups in total. The zero-order valence-electron chi connectivity index (χ0n) is 11.0. The number of pyridine rings is 1. The van der Waals surface area contributed by atoms with Gasteiger partial charge in [0, 0.05) is 28.5 Å². The summed E-state index contributed by atoms with van der Waals surface area (Å²) in [6.07, 6.45) is 2.74. The maximum atomic E-state index is 5.36. The molecule has 0 spiro atoms. The second-order valence-electron chi connectivity index (χ2n) is 4.83. The number of hydrogen-bond donors (Lipinski definition) is 1. The second kappa shape index (κ2) is 4.96. The highest BCUT2D eigenvalue weighted by atomic mass is 79.9. The van der Waals surface area contributed by atoms with Crippen LogP contribution in [0.4, 0.5) is 5.69 Å². The van der Waals surface area contributed by atoms with Gasteiger partial charge in [0.05, 0.1) is 0 Å². The van der Waals surface area contributed by atoms with Gasteiger partial charge in [-0.15, -0.1) is 0 Å². The van der Waals surface area contributed by atoms with Gasteiger partial charge in [-0.1, -0.05) is 5.16 Å². The summed E-state index contributed by atoms with van der Waals surface area (Å²) in [6.45, 7) is 0.983. The largest absolute Gasteiger partial charge is 0.384 e. The number of anilines is 1. The summed E-state index contributed by atoms with van der Waals surface area (Å²) in [7, 11) is 0. The van der Waals surface area contributed by atoms with E-state index >= 15 is 0 Å². The molecule has 3 heterocycles. The summed E-state index contributed by atoms with van der Waals surface area (Å²) in [4.78, 5) is 8.70. The van der Waals surface area contributed by atoms with E-state index in [1.54, 1.807) is 6.20 Å². The van der Waals surface area contributed by atoms with Crippen LogP contribution in [0, 0.1) is 0 Å². The molecule has 0 radical (unpaired) electrons. The lowest BCUT2D eigenvalue weighted by molar-refractivity contribution is 0.432. The molecular weight excluding hydrogens is 332 g/mol. The minimum absolute atomic E-state index is 0.496. The summed E-state index contributed by atoms with van der Waals surface area (Å²) in [5.74, 6) is 1.01. The van der Waals surface area contributed by atoms with Crippen molar-refractivity contribution >= 4 is 21.6 Å². The maximum absolute atomic E-state index is 5.36. The highest BCUT2D eigenvalue weighted by molar-refractivity contribution is 9.10.